The van der Waals surface area contributed by atoms with Crippen molar-refractivity contribution in [2.75, 3.05) is 109 Å². The molecule has 0 radical (unpaired) electrons. The molecule has 2 amide bonds. The normalized spacial score (nSPS) is 18.9. The summed E-state index contributed by atoms with van der Waals surface area (Å²) in [5.74, 6) is -0.125. The summed E-state index contributed by atoms with van der Waals surface area (Å²) in [7, 11) is 15.6. The first kappa shape index (κ1) is 47.8. The highest BCUT2D eigenvalue weighted by Gasteiger charge is 2.49. The lowest BCUT2D eigenvalue weighted by atomic mass is 9.87. The predicted octanol–water partition coefficient (Wildman–Crippen LogP) is 0.896. The monoisotopic (exact) mass is 798 g/mol. The molecule has 4 heterocycles. The van der Waals surface area contributed by atoms with Crippen molar-refractivity contribution in [3.05, 3.63) is 108 Å². The Balaban J connectivity index is 0.000000203. The van der Waals surface area contributed by atoms with Crippen LogP contribution in [0.25, 0.3) is 0 Å². The van der Waals surface area contributed by atoms with E-state index in [-0.39, 0.29) is 17.4 Å². The standard InChI is InChI=1S/C13H19N3O.C13H17N3.C8H11N.C6H13N3O.C4H7NO/c1-15-9-13(10-15,12(14)17)16(2)8-11-6-4-3-5-7-11;1-15-10-13(9-14,11-15)16(2)8-12-6-4-3-5-7-12;1-9-7-8-5-3-2-4-6-8;1-8-6(5(7)10)3-9(2)4-6;1-5-2-4(6)3-5/h3-7H,8-10H2,1-2H3,(H2,14,17);3-7H,8,10-11H2,1-2H3;2-6,9H,7H2,1H3;8H,3-4H2,1-2H3,(H2,7,10);2-3H2,1H3. The second-order valence-electron chi connectivity index (χ2n) is 16.2. The van der Waals surface area contributed by atoms with Crippen LogP contribution >= 0.6 is 0 Å². The fourth-order valence-electron chi connectivity index (χ4n) is 7.36. The molecule has 3 aromatic carbocycles. The molecule has 14 nitrogen and oxygen atoms in total. The Bertz CT molecular complexity index is 1730. The van der Waals surface area contributed by atoms with Crippen molar-refractivity contribution in [1.29, 1.82) is 5.26 Å². The van der Waals surface area contributed by atoms with Crippen molar-refractivity contribution in [2.24, 2.45) is 11.5 Å². The third-order valence-electron chi connectivity index (χ3n) is 10.9. The lowest BCUT2D eigenvalue weighted by Crippen LogP contribution is -2.73. The van der Waals surface area contributed by atoms with Crippen molar-refractivity contribution in [2.45, 2.75) is 36.3 Å². The number of amides is 2. The van der Waals surface area contributed by atoms with E-state index in [2.05, 4.69) is 72.7 Å². The van der Waals surface area contributed by atoms with Gasteiger partial charge >= 0.3 is 0 Å². The Hall–Kier alpha value is -4.56. The number of hydrogen-bond acceptors (Lipinski definition) is 12. The Labute approximate surface area is 346 Å². The number of Topliss-reactive ketones (excluding diaryl/α,β-unsaturated/α-hetero) is 1. The third kappa shape index (κ3) is 13.5. The van der Waals surface area contributed by atoms with E-state index in [4.69, 9.17) is 11.5 Å². The average Bonchev–Trinajstić information content (AvgIpc) is 3.15. The molecule has 0 unspecified atom stereocenters. The van der Waals surface area contributed by atoms with Crippen LogP contribution in [0, 0.1) is 11.3 Å². The summed E-state index contributed by atoms with van der Waals surface area (Å²) in [4.78, 5) is 45.0. The molecule has 4 saturated heterocycles. The van der Waals surface area contributed by atoms with Crippen molar-refractivity contribution >= 4 is 17.6 Å². The van der Waals surface area contributed by atoms with E-state index in [0.717, 1.165) is 45.8 Å². The second kappa shape index (κ2) is 22.6. The fraction of sp³-hybridized carbons (Fsp3) is 0.500. The topological polar surface area (TPSA) is 171 Å². The Morgan fingerprint density at radius 3 is 1.34 bits per heavy atom. The van der Waals surface area contributed by atoms with Gasteiger partial charge in [0.05, 0.1) is 19.2 Å². The summed E-state index contributed by atoms with van der Waals surface area (Å²) in [5, 5.41) is 15.3. The van der Waals surface area contributed by atoms with Gasteiger partial charge in [0.15, 0.2) is 5.78 Å². The molecule has 0 aliphatic carbocycles. The highest BCUT2D eigenvalue weighted by molar-refractivity contribution is 5.87. The zero-order valence-electron chi connectivity index (χ0n) is 35.9. The molecule has 4 aliphatic rings. The van der Waals surface area contributed by atoms with Crippen molar-refractivity contribution in [3.8, 4) is 6.07 Å². The fourth-order valence-corrected chi connectivity index (χ4v) is 7.36. The van der Waals surface area contributed by atoms with Crippen LogP contribution in [0.3, 0.4) is 0 Å². The van der Waals surface area contributed by atoms with Crippen molar-refractivity contribution < 1.29 is 14.4 Å². The average molecular weight is 798 g/mol. The second-order valence-corrected chi connectivity index (χ2v) is 16.2. The zero-order chi connectivity index (χ0) is 42.9. The minimum absolute atomic E-state index is 0.228. The lowest BCUT2D eigenvalue weighted by molar-refractivity contribution is -0.141. The molecule has 58 heavy (non-hydrogen) atoms. The summed E-state index contributed by atoms with van der Waals surface area (Å²) >= 11 is 0. The molecular weight excluding hydrogens is 731 g/mol. The summed E-state index contributed by atoms with van der Waals surface area (Å²) in [6.45, 7) is 8.43. The quantitative estimate of drug-likeness (QED) is 0.217. The highest BCUT2D eigenvalue weighted by Crippen LogP contribution is 2.27. The summed E-state index contributed by atoms with van der Waals surface area (Å²) < 4.78 is 0. The molecule has 0 atom stereocenters. The van der Waals surface area contributed by atoms with Gasteiger partial charge in [-0.3, -0.25) is 29.1 Å². The number of rotatable bonds is 11. The number of nitrogens with one attached hydrogen (secondary N) is 2. The van der Waals surface area contributed by atoms with Crippen LogP contribution in [0.4, 0.5) is 0 Å². The number of nitriles is 1. The molecule has 0 spiro atoms. The molecule has 3 aromatic rings. The molecule has 6 N–H and O–H groups in total. The van der Waals surface area contributed by atoms with Crippen molar-refractivity contribution in [3.63, 3.8) is 0 Å². The number of benzene rings is 3. The Kier molecular flexibility index (Phi) is 18.6. The van der Waals surface area contributed by atoms with Crippen LogP contribution in [-0.4, -0.2) is 172 Å². The van der Waals surface area contributed by atoms with Crippen LogP contribution in [-0.2, 0) is 34.0 Å². The minimum Gasteiger partial charge on any atom is -0.368 e. The molecule has 7 rings (SSSR count). The van der Waals surface area contributed by atoms with E-state index in [1.807, 2.05) is 114 Å². The van der Waals surface area contributed by atoms with Gasteiger partial charge < -0.3 is 36.8 Å². The van der Waals surface area contributed by atoms with Gasteiger partial charge in [0.25, 0.3) is 0 Å². The number of carbonyl (C=O) groups excluding carboxylic acids is 3. The van der Waals surface area contributed by atoms with Gasteiger partial charge in [0, 0.05) is 58.9 Å². The first-order chi connectivity index (χ1) is 27.5. The third-order valence-corrected chi connectivity index (χ3v) is 10.9. The number of nitrogens with zero attached hydrogens (tertiary/aromatic N) is 7. The molecule has 4 aliphatic heterocycles. The smallest absolute Gasteiger partial charge is 0.240 e. The summed E-state index contributed by atoms with van der Waals surface area (Å²) in [5.41, 5.74) is 13.3. The largest absolute Gasteiger partial charge is 0.368 e. The number of carbonyl (C=O) groups is 3. The first-order valence-electron chi connectivity index (χ1n) is 19.7. The number of hydrogen-bond donors (Lipinski definition) is 4. The molecule has 4 fully saturated rings. The van der Waals surface area contributed by atoms with E-state index in [1.165, 1.54) is 16.7 Å². The lowest BCUT2D eigenvalue weighted by Gasteiger charge is -2.51. The van der Waals surface area contributed by atoms with E-state index < -0.39 is 11.1 Å². The van der Waals surface area contributed by atoms with Crippen LogP contribution in [0.2, 0.25) is 0 Å². The van der Waals surface area contributed by atoms with Gasteiger partial charge in [0.1, 0.15) is 16.6 Å². The van der Waals surface area contributed by atoms with Gasteiger partial charge in [0.2, 0.25) is 11.8 Å². The molecule has 14 heteroatoms. The molecule has 0 saturated carbocycles. The minimum atomic E-state index is -0.495. The summed E-state index contributed by atoms with van der Waals surface area (Å²) in [6, 6.07) is 33.2. The molecular formula is C44H67N11O3. The highest BCUT2D eigenvalue weighted by atomic mass is 16.2. The van der Waals surface area contributed by atoms with Crippen LogP contribution in [0.1, 0.15) is 16.7 Å². The number of nitrogens with two attached hydrogens (primary N) is 2. The maximum atomic E-state index is 11.6. The Morgan fingerprint density at radius 2 is 1.07 bits per heavy atom. The maximum Gasteiger partial charge on any atom is 0.240 e. The first-order valence-corrected chi connectivity index (χ1v) is 19.7. The van der Waals surface area contributed by atoms with E-state index in [0.29, 0.717) is 32.0 Å². The number of primary amides is 2. The molecule has 0 aromatic heterocycles. The summed E-state index contributed by atoms with van der Waals surface area (Å²) in [6.07, 6.45) is 0. The van der Waals surface area contributed by atoms with Crippen LogP contribution in [0.15, 0.2) is 91.0 Å². The number of ketones is 1. The maximum absolute atomic E-state index is 11.6. The van der Waals surface area contributed by atoms with Gasteiger partial charge in [-0.2, -0.15) is 5.26 Å². The zero-order valence-corrected chi connectivity index (χ0v) is 35.9. The molecule has 0 bridgehead atoms. The van der Waals surface area contributed by atoms with E-state index in [9.17, 15) is 19.6 Å². The van der Waals surface area contributed by atoms with E-state index in [1.54, 1.807) is 7.05 Å². The SMILES string of the molecule is CN1CC(=O)C1.CN1CC(C#N)(N(C)Cc2ccccc2)C1.CN1CC(C(N)=O)(N(C)Cc2ccccc2)C1.CNC1(C(N)=O)CN(C)C1.CNCc1ccccc1. The van der Waals surface area contributed by atoms with Gasteiger partial charge in [-0.1, -0.05) is 91.0 Å². The van der Waals surface area contributed by atoms with Gasteiger partial charge in [-0.25, -0.2) is 0 Å². The van der Waals surface area contributed by atoms with E-state index >= 15 is 0 Å². The van der Waals surface area contributed by atoms with Gasteiger partial charge in [-0.05, 0) is 73.1 Å². The number of likely N-dealkylation sites (tertiary alicyclic amines) is 4. The Morgan fingerprint density at radius 1 is 0.655 bits per heavy atom. The number of likely N-dealkylation sites (N-methyl/N-ethyl adjacent to an activating group) is 7. The molecule has 316 valence electrons. The van der Waals surface area contributed by atoms with Crippen molar-refractivity contribution in [1.82, 2.24) is 40.0 Å². The van der Waals surface area contributed by atoms with Crippen LogP contribution in [0.5, 0.6) is 0 Å². The van der Waals surface area contributed by atoms with Gasteiger partial charge in [-0.15, -0.1) is 0 Å². The van der Waals surface area contributed by atoms with Crippen LogP contribution < -0.4 is 22.1 Å². The predicted molar refractivity (Wildman–Crippen MR) is 231 cm³/mol.